The highest BCUT2D eigenvalue weighted by Gasteiger charge is 2.14. The molecule has 2 N–H and O–H groups in total. The molecule has 0 atom stereocenters. The van der Waals surface area contributed by atoms with Crippen LogP contribution in [0.3, 0.4) is 0 Å². The lowest BCUT2D eigenvalue weighted by Gasteiger charge is -2.11. The van der Waals surface area contributed by atoms with Gasteiger partial charge in [-0.25, -0.2) is 4.39 Å². The van der Waals surface area contributed by atoms with E-state index < -0.39 is 11.7 Å². The van der Waals surface area contributed by atoms with Gasteiger partial charge in [-0.1, -0.05) is 17.7 Å². The van der Waals surface area contributed by atoms with Gasteiger partial charge < -0.3 is 10.6 Å². The molecule has 3 nitrogen and oxygen atoms in total. The molecule has 0 aliphatic rings. The predicted octanol–water partition coefficient (Wildman–Crippen LogP) is 4.54. The highest BCUT2D eigenvalue weighted by molar-refractivity contribution is 9.10. The molecule has 0 aromatic heterocycles. The summed E-state index contributed by atoms with van der Waals surface area (Å²) in [6.45, 7) is 0. The van der Waals surface area contributed by atoms with Gasteiger partial charge >= 0.3 is 0 Å². The molecule has 0 aliphatic carbocycles. The van der Waals surface area contributed by atoms with E-state index in [-0.39, 0.29) is 11.3 Å². The van der Waals surface area contributed by atoms with Crippen LogP contribution in [0.1, 0.15) is 10.4 Å². The van der Waals surface area contributed by atoms with Crippen molar-refractivity contribution in [2.75, 3.05) is 17.7 Å². The molecule has 0 saturated heterocycles. The van der Waals surface area contributed by atoms with E-state index >= 15 is 0 Å². The average Bonchev–Trinajstić information content (AvgIpc) is 2.42. The first-order valence-corrected chi connectivity index (χ1v) is 6.92. The second-order valence-corrected chi connectivity index (χ2v) is 5.26. The van der Waals surface area contributed by atoms with Gasteiger partial charge in [0.1, 0.15) is 5.82 Å². The van der Waals surface area contributed by atoms with Gasteiger partial charge in [0.05, 0.1) is 16.3 Å². The maximum atomic E-state index is 13.6. The zero-order valence-electron chi connectivity index (χ0n) is 10.5. The molecule has 20 heavy (non-hydrogen) atoms. The fourth-order valence-electron chi connectivity index (χ4n) is 1.74. The first-order valence-electron chi connectivity index (χ1n) is 5.75. The molecular formula is C14H11BrClFN2O. The highest BCUT2D eigenvalue weighted by atomic mass is 79.9. The quantitative estimate of drug-likeness (QED) is 0.847. The van der Waals surface area contributed by atoms with Gasteiger partial charge in [0, 0.05) is 17.2 Å². The van der Waals surface area contributed by atoms with Crippen LogP contribution in [0.25, 0.3) is 0 Å². The van der Waals surface area contributed by atoms with Crippen LogP contribution in [-0.4, -0.2) is 13.0 Å². The fourth-order valence-corrected chi connectivity index (χ4v) is 2.24. The number of carbonyl (C=O) groups is 1. The minimum absolute atomic E-state index is 0.165. The number of benzene rings is 2. The van der Waals surface area contributed by atoms with E-state index in [2.05, 4.69) is 26.6 Å². The summed E-state index contributed by atoms with van der Waals surface area (Å²) in [5.41, 5.74) is 0.967. The first-order chi connectivity index (χ1) is 9.52. The molecule has 0 saturated carbocycles. The SMILES string of the molecule is CNc1c(F)cccc1C(=O)Nc1ccc(Cl)c(Br)c1. The van der Waals surface area contributed by atoms with Crippen molar-refractivity contribution >= 4 is 44.8 Å². The summed E-state index contributed by atoms with van der Waals surface area (Å²) in [5.74, 6) is -0.875. The Morgan fingerprint density at radius 3 is 2.70 bits per heavy atom. The van der Waals surface area contributed by atoms with Gasteiger partial charge in [-0.3, -0.25) is 4.79 Å². The molecular weight excluding hydrogens is 347 g/mol. The molecule has 0 unspecified atom stereocenters. The van der Waals surface area contributed by atoms with E-state index in [1.165, 1.54) is 12.1 Å². The minimum Gasteiger partial charge on any atom is -0.385 e. The number of para-hydroxylation sites is 1. The van der Waals surface area contributed by atoms with Gasteiger partial charge in [0.25, 0.3) is 5.91 Å². The highest BCUT2D eigenvalue weighted by Crippen LogP contribution is 2.26. The standard InChI is InChI=1S/C14H11BrClFN2O/c1-18-13-9(3-2-4-12(13)17)14(20)19-8-5-6-11(16)10(15)7-8/h2-7,18H,1H3,(H,19,20). The molecule has 2 aromatic carbocycles. The third-order valence-corrected chi connectivity index (χ3v) is 3.90. The van der Waals surface area contributed by atoms with Crippen LogP contribution in [-0.2, 0) is 0 Å². The topological polar surface area (TPSA) is 41.1 Å². The molecule has 2 rings (SSSR count). The van der Waals surface area contributed by atoms with Crippen molar-refractivity contribution in [1.29, 1.82) is 0 Å². The number of halogens is 3. The van der Waals surface area contributed by atoms with Crippen LogP contribution in [0, 0.1) is 5.82 Å². The third kappa shape index (κ3) is 3.11. The lowest BCUT2D eigenvalue weighted by molar-refractivity contribution is 0.102. The summed E-state index contributed by atoms with van der Waals surface area (Å²) in [5, 5.41) is 5.92. The zero-order chi connectivity index (χ0) is 14.7. The lowest BCUT2D eigenvalue weighted by atomic mass is 10.1. The number of hydrogen-bond acceptors (Lipinski definition) is 2. The molecule has 2 aromatic rings. The molecule has 0 fully saturated rings. The van der Waals surface area contributed by atoms with Crippen LogP contribution in [0.4, 0.5) is 15.8 Å². The monoisotopic (exact) mass is 356 g/mol. The molecule has 0 radical (unpaired) electrons. The number of rotatable bonds is 3. The summed E-state index contributed by atoms with van der Waals surface area (Å²) in [4.78, 5) is 12.2. The van der Waals surface area contributed by atoms with Gasteiger partial charge in [-0.05, 0) is 46.3 Å². The Kier molecular flexibility index (Phi) is 4.62. The maximum Gasteiger partial charge on any atom is 0.257 e. The molecule has 0 heterocycles. The van der Waals surface area contributed by atoms with E-state index in [0.29, 0.717) is 15.2 Å². The van der Waals surface area contributed by atoms with Gasteiger partial charge in [-0.2, -0.15) is 0 Å². The maximum absolute atomic E-state index is 13.6. The number of amides is 1. The number of nitrogens with one attached hydrogen (secondary N) is 2. The summed E-state index contributed by atoms with van der Waals surface area (Å²) in [6.07, 6.45) is 0. The first kappa shape index (κ1) is 14.8. The van der Waals surface area contributed by atoms with Crippen molar-refractivity contribution in [1.82, 2.24) is 0 Å². The van der Waals surface area contributed by atoms with E-state index in [1.807, 2.05) is 0 Å². The third-order valence-electron chi connectivity index (χ3n) is 2.69. The van der Waals surface area contributed by atoms with Crippen molar-refractivity contribution in [3.63, 3.8) is 0 Å². The molecule has 0 bridgehead atoms. The second-order valence-electron chi connectivity index (χ2n) is 4.00. The van der Waals surface area contributed by atoms with Crippen molar-refractivity contribution in [3.05, 3.63) is 57.3 Å². The van der Waals surface area contributed by atoms with Gasteiger partial charge in [0.2, 0.25) is 0 Å². The largest absolute Gasteiger partial charge is 0.385 e. The van der Waals surface area contributed by atoms with E-state index in [4.69, 9.17) is 11.6 Å². The molecule has 0 aliphatic heterocycles. The van der Waals surface area contributed by atoms with Crippen molar-refractivity contribution in [2.45, 2.75) is 0 Å². The Balaban J connectivity index is 2.28. The van der Waals surface area contributed by atoms with Gasteiger partial charge in [0.15, 0.2) is 0 Å². The second kappa shape index (κ2) is 6.24. The molecule has 104 valence electrons. The van der Waals surface area contributed by atoms with Crippen molar-refractivity contribution in [2.24, 2.45) is 0 Å². The smallest absolute Gasteiger partial charge is 0.257 e. The minimum atomic E-state index is -0.475. The number of anilines is 2. The van der Waals surface area contributed by atoms with Crippen LogP contribution in [0.5, 0.6) is 0 Å². The number of carbonyl (C=O) groups excluding carboxylic acids is 1. The Bertz CT molecular complexity index is 664. The summed E-state index contributed by atoms with van der Waals surface area (Å²) in [6, 6.07) is 9.34. The Morgan fingerprint density at radius 2 is 2.05 bits per heavy atom. The fraction of sp³-hybridized carbons (Fsp3) is 0.0714. The number of hydrogen-bond donors (Lipinski definition) is 2. The normalized spacial score (nSPS) is 10.2. The van der Waals surface area contributed by atoms with Crippen LogP contribution in [0.15, 0.2) is 40.9 Å². The molecule has 6 heteroatoms. The summed E-state index contributed by atoms with van der Waals surface area (Å²) in [7, 11) is 1.56. The zero-order valence-corrected chi connectivity index (χ0v) is 12.8. The van der Waals surface area contributed by atoms with E-state index in [0.717, 1.165) is 0 Å². The Labute approximate surface area is 129 Å². The van der Waals surface area contributed by atoms with Crippen LogP contribution in [0.2, 0.25) is 5.02 Å². The Hall–Kier alpha value is -1.59. The summed E-state index contributed by atoms with van der Waals surface area (Å²) >= 11 is 9.16. The predicted molar refractivity (Wildman–Crippen MR) is 83.1 cm³/mol. The van der Waals surface area contributed by atoms with Crippen LogP contribution >= 0.6 is 27.5 Å². The van der Waals surface area contributed by atoms with E-state index in [1.54, 1.807) is 31.3 Å². The van der Waals surface area contributed by atoms with Crippen LogP contribution < -0.4 is 10.6 Å². The van der Waals surface area contributed by atoms with Gasteiger partial charge in [-0.15, -0.1) is 0 Å². The van der Waals surface area contributed by atoms with E-state index in [9.17, 15) is 9.18 Å². The average molecular weight is 358 g/mol. The molecule has 1 amide bonds. The molecule has 0 spiro atoms. The lowest BCUT2D eigenvalue weighted by Crippen LogP contribution is -2.14. The van der Waals surface area contributed by atoms with Crippen molar-refractivity contribution < 1.29 is 9.18 Å². The Morgan fingerprint density at radius 1 is 1.30 bits per heavy atom. The van der Waals surface area contributed by atoms with Crippen molar-refractivity contribution in [3.8, 4) is 0 Å². The summed E-state index contributed by atoms with van der Waals surface area (Å²) < 4.78 is 14.3.